The summed E-state index contributed by atoms with van der Waals surface area (Å²) in [6.07, 6.45) is 6.11. The molecule has 2 fully saturated rings. The van der Waals surface area contributed by atoms with Gasteiger partial charge in [0.1, 0.15) is 0 Å². The van der Waals surface area contributed by atoms with Gasteiger partial charge in [-0.25, -0.2) is 0 Å². The van der Waals surface area contributed by atoms with E-state index in [1.807, 2.05) is 19.2 Å². The van der Waals surface area contributed by atoms with E-state index in [0.717, 1.165) is 57.1 Å². The first-order valence-corrected chi connectivity index (χ1v) is 11.2. The van der Waals surface area contributed by atoms with Crippen LogP contribution >= 0.6 is 0 Å². The number of piperidine rings is 1. The molecule has 31 heavy (non-hydrogen) atoms. The van der Waals surface area contributed by atoms with Crippen molar-refractivity contribution >= 4 is 5.96 Å². The topological polar surface area (TPSA) is 73.8 Å². The van der Waals surface area contributed by atoms with Crippen molar-refractivity contribution < 1.29 is 23.7 Å². The van der Waals surface area contributed by atoms with Crippen molar-refractivity contribution in [1.29, 1.82) is 0 Å². The van der Waals surface area contributed by atoms with E-state index in [-0.39, 0.29) is 6.10 Å². The molecule has 0 spiro atoms. The number of ether oxygens (including phenoxy) is 5. The highest BCUT2D eigenvalue weighted by molar-refractivity contribution is 5.80. The summed E-state index contributed by atoms with van der Waals surface area (Å²) >= 11 is 0. The van der Waals surface area contributed by atoms with Crippen molar-refractivity contribution in [3.05, 3.63) is 17.7 Å². The molecular weight excluding hydrogens is 398 g/mol. The van der Waals surface area contributed by atoms with E-state index in [4.69, 9.17) is 23.7 Å². The third kappa shape index (κ3) is 6.17. The van der Waals surface area contributed by atoms with Crippen LogP contribution in [0.1, 0.15) is 37.7 Å². The minimum atomic E-state index is 0.276. The third-order valence-electron chi connectivity index (χ3n) is 5.97. The summed E-state index contributed by atoms with van der Waals surface area (Å²) in [6, 6.07) is 3.87. The number of likely N-dealkylation sites (tertiary alicyclic amines) is 1. The Morgan fingerprint density at radius 3 is 2.45 bits per heavy atom. The maximum absolute atomic E-state index is 6.14. The molecule has 1 aromatic rings. The Bertz CT molecular complexity index is 713. The molecule has 3 rings (SSSR count). The zero-order chi connectivity index (χ0) is 22.1. The molecule has 1 unspecified atom stereocenters. The highest BCUT2D eigenvalue weighted by Gasteiger charge is 2.24. The van der Waals surface area contributed by atoms with Gasteiger partial charge in [-0.1, -0.05) is 0 Å². The molecule has 1 N–H and O–H groups in total. The first-order valence-electron chi connectivity index (χ1n) is 11.2. The van der Waals surface area contributed by atoms with Gasteiger partial charge in [-0.3, -0.25) is 4.99 Å². The number of rotatable bonds is 8. The second-order valence-corrected chi connectivity index (χ2v) is 7.90. The van der Waals surface area contributed by atoms with Crippen molar-refractivity contribution in [2.45, 2.75) is 50.9 Å². The zero-order valence-corrected chi connectivity index (χ0v) is 19.3. The SMILES string of the molecule is CN=C(NCc1ccc(OC)c(OC)c1OC)N1CCC(OCC2CCCCO2)CC1. The van der Waals surface area contributed by atoms with Gasteiger partial charge >= 0.3 is 0 Å². The van der Waals surface area contributed by atoms with Crippen molar-refractivity contribution in [3.63, 3.8) is 0 Å². The largest absolute Gasteiger partial charge is 0.493 e. The van der Waals surface area contributed by atoms with Crippen LogP contribution in [0.4, 0.5) is 0 Å². The second-order valence-electron chi connectivity index (χ2n) is 7.90. The second kappa shape index (κ2) is 12.0. The molecule has 0 saturated carbocycles. The number of nitrogens with zero attached hydrogens (tertiary/aromatic N) is 2. The van der Waals surface area contributed by atoms with Crippen LogP contribution in [0, 0.1) is 0 Å². The highest BCUT2D eigenvalue weighted by atomic mass is 16.5. The van der Waals surface area contributed by atoms with Crippen LogP contribution in [0.2, 0.25) is 0 Å². The fraction of sp³-hybridized carbons (Fsp3) is 0.696. The lowest BCUT2D eigenvalue weighted by atomic mass is 10.1. The molecular formula is C23H37N3O5. The predicted molar refractivity (Wildman–Crippen MR) is 120 cm³/mol. The van der Waals surface area contributed by atoms with Crippen LogP contribution in [-0.4, -0.2) is 77.7 Å². The van der Waals surface area contributed by atoms with Gasteiger partial charge in [-0.05, 0) is 44.2 Å². The summed E-state index contributed by atoms with van der Waals surface area (Å²) in [6.45, 7) is 4.00. The van der Waals surface area contributed by atoms with Crippen LogP contribution in [-0.2, 0) is 16.0 Å². The summed E-state index contributed by atoms with van der Waals surface area (Å²) in [5, 5.41) is 3.46. The fourth-order valence-electron chi connectivity index (χ4n) is 4.23. The first-order chi connectivity index (χ1) is 15.2. The lowest BCUT2D eigenvalue weighted by Crippen LogP contribution is -2.47. The van der Waals surface area contributed by atoms with Gasteiger partial charge in [0.2, 0.25) is 5.75 Å². The Morgan fingerprint density at radius 2 is 1.84 bits per heavy atom. The number of methoxy groups -OCH3 is 3. The molecule has 0 aliphatic carbocycles. The standard InChI is InChI=1S/C23H37N3O5/c1-24-23(25-15-17-8-9-20(27-2)22(29-4)21(17)28-3)26-12-10-18(11-13-26)31-16-19-7-5-6-14-30-19/h8-9,18-19H,5-7,10-16H2,1-4H3,(H,24,25). The van der Waals surface area contributed by atoms with Crippen LogP contribution in [0.15, 0.2) is 17.1 Å². The van der Waals surface area contributed by atoms with Gasteiger partial charge in [-0.2, -0.15) is 0 Å². The number of guanidine groups is 1. The molecule has 8 nitrogen and oxygen atoms in total. The van der Waals surface area contributed by atoms with E-state index in [9.17, 15) is 0 Å². The zero-order valence-electron chi connectivity index (χ0n) is 19.3. The van der Waals surface area contributed by atoms with Crippen LogP contribution < -0.4 is 19.5 Å². The van der Waals surface area contributed by atoms with Gasteiger partial charge in [0.25, 0.3) is 0 Å². The number of nitrogens with one attached hydrogen (secondary N) is 1. The van der Waals surface area contributed by atoms with Crippen molar-refractivity contribution in [1.82, 2.24) is 10.2 Å². The number of hydrogen-bond acceptors (Lipinski definition) is 6. The minimum Gasteiger partial charge on any atom is -0.493 e. The normalized spacial score (nSPS) is 20.5. The minimum absolute atomic E-state index is 0.276. The summed E-state index contributed by atoms with van der Waals surface area (Å²) < 4.78 is 28.4. The molecule has 0 bridgehead atoms. The smallest absolute Gasteiger partial charge is 0.203 e. The van der Waals surface area contributed by atoms with Crippen molar-refractivity contribution in [2.75, 3.05) is 54.7 Å². The Balaban J connectivity index is 1.50. The molecule has 0 radical (unpaired) electrons. The average molecular weight is 436 g/mol. The average Bonchev–Trinajstić information content (AvgIpc) is 2.83. The molecule has 174 valence electrons. The van der Waals surface area contributed by atoms with Crippen molar-refractivity contribution in [3.8, 4) is 17.2 Å². The van der Waals surface area contributed by atoms with Gasteiger partial charge in [0.05, 0.1) is 40.1 Å². The number of hydrogen-bond donors (Lipinski definition) is 1. The van der Waals surface area contributed by atoms with Crippen LogP contribution in [0.25, 0.3) is 0 Å². The molecule has 2 aliphatic rings. The van der Waals surface area contributed by atoms with E-state index in [2.05, 4.69) is 15.2 Å². The molecule has 0 amide bonds. The maximum atomic E-state index is 6.14. The quantitative estimate of drug-likeness (QED) is 0.497. The Kier molecular flexibility index (Phi) is 9.09. The van der Waals surface area contributed by atoms with E-state index in [1.54, 1.807) is 21.3 Å². The first kappa shape index (κ1) is 23.5. The predicted octanol–water partition coefficient (Wildman–Crippen LogP) is 2.84. The molecule has 8 heteroatoms. The van der Waals surface area contributed by atoms with E-state index >= 15 is 0 Å². The van der Waals surface area contributed by atoms with Gasteiger partial charge in [0, 0.05) is 38.9 Å². The summed E-state index contributed by atoms with van der Waals surface area (Å²) in [7, 11) is 6.69. The van der Waals surface area contributed by atoms with E-state index in [0.29, 0.717) is 29.9 Å². The molecule has 0 aromatic heterocycles. The summed E-state index contributed by atoms with van der Waals surface area (Å²) in [4.78, 5) is 6.76. The highest BCUT2D eigenvalue weighted by Crippen LogP contribution is 2.39. The summed E-state index contributed by atoms with van der Waals surface area (Å²) in [5.41, 5.74) is 0.979. The Hall–Kier alpha value is -2.19. The Morgan fingerprint density at radius 1 is 1.06 bits per heavy atom. The number of benzene rings is 1. The lowest BCUT2D eigenvalue weighted by Gasteiger charge is -2.35. The fourth-order valence-corrected chi connectivity index (χ4v) is 4.23. The van der Waals surface area contributed by atoms with E-state index in [1.165, 1.54) is 12.8 Å². The number of aliphatic imine (C=N–C) groups is 1. The third-order valence-corrected chi connectivity index (χ3v) is 5.97. The molecule has 2 heterocycles. The van der Waals surface area contributed by atoms with E-state index < -0.39 is 0 Å². The molecule has 1 aromatic carbocycles. The molecule has 2 saturated heterocycles. The lowest BCUT2D eigenvalue weighted by molar-refractivity contribution is -0.0721. The summed E-state index contributed by atoms with van der Waals surface area (Å²) in [5.74, 6) is 2.79. The monoisotopic (exact) mass is 435 g/mol. The van der Waals surface area contributed by atoms with Crippen molar-refractivity contribution in [2.24, 2.45) is 4.99 Å². The molecule has 1 atom stereocenters. The van der Waals surface area contributed by atoms with Crippen LogP contribution in [0.5, 0.6) is 17.2 Å². The van der Waals surface area contributed by atoms with Gasteiger partial charge in [-0.15, -0.1) is 0 Å². The van der Waals surface area contributed by atoms with Gasteiger partial charge < -0.3 is 33.9 Å². The maximum Gasteiger partial charge on any atom is 0.203 e. The Labute approximate surface area is 185 Å². The van der Waals surface area contributed by atoms with Gasteiger partial charge in [0.15, 0.2) is 17.5 Å². The molecule has 2 aliphatic heterocycles. The van der Waals surface area contributed by atoms with Crippen LogP contribution in [0.3, 0.4) is 0 Å².